The zero-order valence-electron chi connectivity index (χ0n) is 15.9. The summed E-state index contributed by atoms with van der Waals surface area (Å²) in [7, 11) is 0. The molecule has 0 saturated carbocycles. The molecule has 148 valence electrons. The fourth-order valence-corrected chi connectivity index (χ4v) is 2.58. The highest BCUT2D eigenvalue weighted by atomic mass is 35.5. The molecule has 3 aromatic carbocycles. The van der Waals surface area contributed by atoms with E-state index in [4.69, 9.17) is 21.1 Å². The van der Waals surface area contributed by atoms with Gasteiger partial charge in [-0.25, -0.2) is 5.43 Å². The van der Waals surface area contributed by atoms with Crippen LogP contribution in [0, 0.1) is 0 Å². The van der Waals surface area contributed by atoms with E-state index in [-0.39, 0.29) is 5.91 Å². The minimum atomic E-state index is -0.700. The first kappa shape index (κ1) is 20.4. The molecule has 0 bridgehead atoms. The molecule has 0 fully saturated rings. The highest BCUT2D eigenvalue weighted by Gasteiger charge is 2.13. The van der Waals surface area contributed by atoms with Gasteiger partial charge in [0.25, 0.3) is 5.91 Å². The smallest absolute Gasteiger partial charge is 0.280 e. The summed E-state index contributed by atoms with van der Waals surface area (Å²) >= 11 is 5.84. The number of carbonyl (C=O) groups excluding carboxylic acids is 1. The summed E-state index contributed by atoms with van der Waals surface area (Å²) in [4.78, 5) is 12.1. The van der Waals surface area contributed by atoms with Gasteiger partial charge in [0, 0.05) is 5.02 Å². The molecule has 29 heavy (non-hydrogen) atoms. The molecular formula is C23H21ClN2O3. The monoisotopic (exact) mass is 408 g/mol. The van der Waals surface area contributed by atoms with Crippen LogP contribution in [-0.4, -0.2) is 18.2 Å². The molecule has 1 N–H and O–H groups in total. The third-order valence-corrected chi connectivity index (χ3v) is 4.24. The molecule has 6 heteroatoms. The van der Waals surface area contributed by atoms with Crippen molar-refractivity contribution >= 4 is 23.7 Å². The maximum absolute atomic E-state index is 12.1. The SMILES string of the molecule is CC(Oc1ccc(Cl)cc1)C(=O)N/N=C/c1cccc(OCc2ccccc2)c1. The normalized spacial score (nSPS) is 11.8. The van der Waals surface area contributed by atoms with Crippen LogP contribution in [0.2, 0.25) is 5.02 Å². The number of amides is 1. The molecule has 1 amide bonds. The molecule has 1 unspecified atom stereocenters. The molecule has 0 saturated heterocycles. The van der Waals surface area contributed by atoms with Crippen molar-refractivity contribution in [3.63, 3.8) is 0 Å². The van der Waals surface area contributed by atoms with Crippen molar-refractivity contribution in [2.45, 2.75) is 19.6 Å². The third-order valence-electron chi connectivity index (χ3n) is 3.99. The van der Waals surface area contributed by atoms with Gasteiger partial charge in [-0.05, 0) is 54.4 Å². The number of ether oxygens (including phenoxy) is 2. The van der Waals surface area contributed by atoms with Crippen molar-refractivity contribution in [2.75, 3.05) is 0 Å². The number of hydrazone groups is 1. The molecule has 0 aromatic heterocycles. The van der Waals surface area contributed by atoms with Gasteiger partial charge in [-0.15, -0.1) is 0 Å². The minimum Gasteiger partial charge on any atom is -0.489 e. The van der Waals surface area contributed by atoms with Crippen LogP contribution in [0.1, 0.15) is 18.1 Å². The van der Waals surface area contributed by atoms with Crippen molar-refractivity contribution in [3.8, 4) is 11.5 Å². The van der Waals surface area contributed by atoms with E-state index in [0.717, 1.165) is 16.9 Å². The third kappa shape index (κ3) is 6.66. The first-order chi connectivity index (χ1) is 14.1. The molecular weight excluding hydrogens is 388 g/mol. The van der Waals surface area contributed by atoms with E-state index >= 15 is 0 Å². The highest BCUT2D eigenvalue weighted by molar-refractivity contribution is 6.30. The lowest BCUT2D eigenvalue weighted by atomic mass is 10.2. The number of nitrogens with one attached hydrogen (secondary N) is 1. The first-order valence-electron chi connectivity index (χ1n) is 9.12. The first-order valence-corrected chi connectivity index (χ1v) is 9.50. The summed E-state index contributed by atoms with van der Waals surface area (Å²) in [6.07, 6.45) is 0.858. The zero-order chi connectivity index (χ0) is 20.5. The van der Waals surface area contributed by atoms with Gasteiger partial charge in [-0.1, -0.05) is 54.1 Å². The number of rotatable bonds is 8. The Morgan fingerprint density at radius 2 is 1.79 bits per heavy atom. The number of hydrogen-bond donors (Lipinski definition) is 1. The van der Waals surface area contributed by atoms with Gasteiger partial charge in [-0.2, -0.15) is 5.10 Å². The van der Waals surface area contributed by atoms with Crippen LogP contribution < -0.4 is 14.9 Å². The van der Waals surface area contributed by atoms with Crippen LogP contribution in [0.25, 0.3) is 0 Å². The van der Waals surface area contributed by atoms with E-state index in [2.05, 4.69) is 10.5 Å². The van der Waals surface area contributed by atoms with Crippen LogP contribution in [-0.2, 0) is 11.4 Å². The highest BCUT2D eigenvalue weighted by Crippen LogP contribution is 2.17. The summed E-state index contributed by atoms with van der Waals surface area (Å²) in [5.74, 6) is 0.931. The Balaban J connectivity index is 1.50. The maximum atomic E-state index is 12.1. The van der Waals surface area contributed by atoms with Crippen LogP contribution in [0.4, 0.5) is 0 Å². The van der Waals surface area contributed by atoms with Crippen molar-refractivity contribution in [1.29, 1.82) is 0 Å². The Hall–Kier alpha value is -3.31. The molecule has 0 radical (unpaired) electrons. The van der Waals surface area contributed by atoms with Crippen LogP contribution >= 0.6 is 11.6 Å². The number of carbonyl (C=O) groups is 1. The minimum absolute atomic E-state index is 0.354. The van der Waals surface area contributed by atoms with Gasteiger partial charge in [0.15, 0.2) is 6.10 Å². The number of benzene rings is 3. The van der Waals surface area contributed by atoms with E-state index in [9.17, 15) is 4.79 Å². The summed E-state index contributed by atoms with van der Waals surface area (Å²) in [5.41, 5.74) is 4.38. The van der Waals surface area contributed by atoms with E-state index in [1.807, 2.05) is 54.6 Å². The molecule has 0 aliphatic rings. The fraction of sp³-hybridized carbons (Fsp3) is 0.130. The van der Waals surface area contributed by atoms with Crippen molar-refractivity contribution in [3.05, 3.63) is 95.0 Å². The molecule has 0 aliphatic carbocycles. The van der Waals surface area contributed by atoms with Crippen LogP contribution in [0.3, 0.4) is 0 Å². The van der Waals surface area contributed by atoms with Gasteiger partial charge < -0.3 is 9.47 Å². The summed E-state index contributed by atoms with van der Waals surface area (Å²) < 4.78 is 11.4. The molecule has 3 aromatic rings. The fourth-order valence-electron chi connectivity index (χ4n) is 2.46. The molecule has 0 aliphatic heterocycles. The Kier molecular flexibility index (Phi) is 7.25. The second-order valence-electron chi connectivity index (χ2n) is 6.30. The van der Waals surface area contributed by atoms with E-state index < -0.39 is 6.10 Å². The van der Waals surface area contributed by atoms with Gasteiger partial charge in [-0.3, -0.25) is 4.79 Å². The maximum Gasteiger partial charge on any atom is 0.280 e. The van der Waals surface area contributed by atoms with Crippen LogP contribution in [0.15, 0.2) is 84.0 Å². The largest absolute Gasteiger partial charge is 0.489 e. The summed E-state index contributed by atoms with van der Waals surface area (Å²) in [6.45, 7) is 2.13. The summed E-state index contributed by atoms with van der Waals surface area (Å²) in [6, 6.07) is 24.2. The van der Waals surface area contributed by atoms with Crippen LogP contribution in [0.5, 0.6) is 11.5 Å². The lowest BCUT2D eigenvalue weighted by molar-refractivity contribution is -0.127. The quantitative estimate of drug-likeness (QED) is 0.428. The molecule has 0 spiro atoms. The average molecular weight is 409 g/mol. The van der Waals surface area contributed by atoms with E-state index in [0.29, 0.717) is 17.4 Å². The van der Waals surface area contributed by atoms with Crippen molar-refractivity contribution in [1.82, 2.24) is 5.43 Å². The number of hydrogen-bond acceptors (Lipinski definition) is 4. The average Bonchev–Trinajstić information content (AvgIpc) is 2.75. The number of halogens is 1. The van der Waals surface area contributed by atoms with E-state index in [1.165, 1.54) is 0 Å². The predicted molar refractivity (Wildman–Crippen MR) is 114 cm³/mol. The lowest BCUT2D eigenvalue weighted by Crippen LogP contribution is -2.33. The lowest BCUT2D eigenvalue weighted by Gasteiger charge is -2.12. The molecule has 3 rings (SSSR count). The predicted octanol–water partition coefficient (Wildman–Crippen LogP) is 4.84. The molecule has 0 heterocycles. The topological polar surface area (TPSA) is 59.9 Å². The number of nitrogens with zero attached hydrogens (tertiary/aromatic N) is 1. The van der Waals surface area contributed by atoms with Gasteiger partial charge in [0.1, 0.15) is 18.1 Å². The molecule has 5 nitrogen and oxygen atoms in total. The van der Waals surface area contributed by atoms with Gasteiger partial charge >= 0.3 is 0 Å². The zero-order valence-corrected chi connectivity index (χ0v) is 16.7. The summed E-state index contributed by atoms with van der Waals surface area (Å²) in [5, 5.41) is 4.60. The van der Waals surface area contributed by atoms with E-state index in [1.54, 1.807) is 37.4 Å². The van der Waals surface area contributed by atoms with Crippen molar-refractivity contribution < 1.29 is 14.3 Å². The Morgan fingerprint density at radius 3 is 2.55 bits per heavy atom. The van der Waals surface area contributed by atoms with Crippen molar-refractivity contribution in [2.24, 2.45) is 5.10 Å². The van der Waals surface area contributed by atoms with Gasteiger partial charge in [0.2, 0.25) is 0 Å². The Labute approximate surface area is 174 Å². The second kappa shape index (κ2) is 10.3. The standard InChI is InChI=1S/C23H21ClN2O3/c1-17(29-21-12-10-20(24)11-13-21)23(27)26-25-15-19-8-5-9-22(14-19)28-16-18-6-3-2-4-7-18/h2-15,17H,16H2,1H3,(H,26,27)/b25-15+. The second-order valence-corrected chi connectivity index (χ2v) is 6.73. The molecule has 1 atom stereocenters. The Bertz CT molecular complexity index is 959. The Morgan fingerprint density at radius 1 is 1.03 bits per heavy atom. The van der Waals surface area contributed by atoms with Gasteiger partial charge in [0.05, 0.1) is 6.21 Å².